The van der Waals surface area contributed by atoms with Gasteiger partial charge in [-0.05, 0) is 74.6 Å². The number of halogens is 1. The average Bonchev–Trinajstić information content (AvgIpc) is 2.72. The second-order valence-electron chi connectivity index (χ2n) is 10.2. The standard InChI is InChI=1S/C24H32ClN3O3/c1-27(22(30)23-11-17-10-18(12-23)14-24(25,13-17)16-23)15-21(29)26-19-2-4-20(5-3-19)28-6-8-31-9-7-28/h2-5,17-18H,6-16H2,1H3,(H,26,29)/t17-,18-,23?,24?/m1/s1. The van der Waals surface area contributed by atoms with Crippen molar-refractivity contribution < 1.29 is 14.3 Å². The van der Waals surface area contributed by atoms with Crippen LogP contribution in [0.5, 0.6) is 0 Å². The quantitative estimate of drug-likeness (QED) is 0.704. The van der Waals surface area contributed by atoms with Crippen LogP contribution in [0.4, 0.5) is 11.4 Å². The van der Waals surface area contributed by atoms with Crippen molar-refractivity contribution in [2.24, 2.45) is 17.3 Å². The summed E-state index contributed by atoms with van der Waals surface area (Å²) in [5.41, 5.74) is 1.52. The van der Waals surface area contributed by atoms with Gasteiger partial charge in [-0.25, -0.2) is 0 Å². The van der Waals surface area contributed by atoms with Crippen LogP contribution in [-0.4, -0.2) is 61.5 Å². The highest BCUT2D eigenvalue weighted by atomic mass is 35.5. The highest BCUT2D eigenvalue weighted by Gasteiger charge is 2.60. The van der Waals surface area contributed by atoms with Crippen molar-refractivity contribution >= 4 is 34.8 Å². The molecule has 0 aromatic heterocycles. The first-order valence-electron chi connectivity index (χ1n) is 11.5. The molecule has 5 fully saturated rings. The summed E-state index contributed by atoms with van der Waals surface area (Å²) >= 11 is 6.89. The Morgan fingerprint density at radius 2 is 1.77 bits per heavy atom. The van der Waals surface area contributed by atoms with E-state index in [4.69, 9.17) is 16.3 Å². The van der Waals surface area contributed by atoms with Crippen molar-refractivity contribution in [1.82, 2.24) is 4.90 Å². The zero-order chi connectivity index (χ0) is 21.6. The highest BCUT2D eigenvalue weighted by molar-refractivity contribution is 6.24. The Labute approximate surface area is 189 Å². The van der Waals surface area contributed by atoms with Gasteiger partial charge in [0.2, 0.25) is 11.8 Å². The lowest BCUT2D eigenvalue weighted by Crippen LogP contribution is -2.59. The third kappa shape index (κ3) is 4.17. The Hall–Kier alpha value is -1.79. The van der Waals surface area contributed by atoms with Gasteiger partial charge in [0.25, 0.3) is 0 Å². The molecule has 31 heavy (non-hydrogen) atoms. The van der Waals surface area contributed by atoms with Crippen molar-refractivity contribution in [2.75, 3.05) is 50.1 Å². The molecule has 2 amide bonds. The maximum atomic E-state index is 13.4. The number of carbonyl (C=O) groups excluding carboxylic acids is 2. The SMILES string of the molecule is CN(CC(=O)Nc1ccc(N2CCOCC2)cc1)C(=O)C12C[C@H]3C[C@@H](CC(Cl)(C3)C1)C2. The third-order valence-electron chi connectivity index (χ3n) is 7.70. The summed E-state index contributed by atoms with van der Waals surface area (Å²) in [6, 6.07) is 7.87. The van der Waals surface area contributed by atoms with Crippen LogP contribution >= 0.6 is 11.6 Å². The van der Waals surface area contributed by atoms with Gasteiger partial charge in [-0.15, -0.1) is 11.6 Å². The summed E-state index contributed by atoms with van der Waals surface area (Å²) in [5.74, 6) is 1.06. The monoisotopic (exact) mass is 445 g/mol. The first-order chi connectivity index (χ1) is 14.8. The number of nitrogens with zero attached hydrogens (tertiary/aromatic N) is 2. The summed E-state index contributed by atoms with van der Waals surface area (Å²) in [5, 5.41) is 2.94. The van der Waals surface area contributed by atoms with Crippen LogP contribution in [0.2, 0.25) is 0 Å². The lowest BCUT2D eigenvalue weighted by atomic mass is 9.49. The van der Waals surface area contributed by atoms with Crippen LogP contribution in [-0.2, 0) is 14.3 Å². The van der Waals surface area contributed by atoms with Gasteiger partial charge in [-0.2, -0.15) is 0 Å². The predicted octanol–water partition coefficient (Wildman–Crippen LogP) is 3.50. The number of rotatable bonds is 5. The molecule has 0 unspecified atom stereocenters. The molecule has 0 spiro atoms. The Morgan fingerprint density at radius 3 is 2.39 bits per heavy atom. The first kappa shape index (κ1) is 21.1. The van der Waals surface area contributed by atoms with Crippen LogP contribution in [0.25, 0.3) is 0 Å². The second kappa shape index (κ2) is 7.96. The number of likely N-dealkylation sites (N-methyl/N-ethyl adjacent to an activating group) is 1. The Morgan fingerprint density at radius 1 is 1.13 bits per heavy atom. The number of amides is 2. The third-order valence-corrected chi connectivity index (χ3v) is 8.14. The molecule has 1 saturated heterocycles. The van der Waals surface area contributed by atoms with E-state index in [1.807, 2.05) is 24.3 Å². The van der Waals surface area contributed by atoms with Crippen LogP contribution in [0.3, 0.4) is 0 Å². The van der Waals surface area contributed by atoms with E-state index >= 15 is 0 Å². The smallest absolute Gasteiger partial charge is 0.243 e. The number of nitrogens with one attached hydrogen (secondary N) is 1. The number of carbonyl (C=O) groups is 2. The molecule has 6 nitrogen and oxygen atoms in total. The minimum absolute atomic E-state index is 0.0659. The van der Waals surface area contributed by atoms with E-state index in [0.29, 0.717) is 11.8 Å². The Bertz CT molecular complexity index is 838. The molecular formula is C24H32ClN3O3. The van der Waals surface area contributed by atoms with E-state index in [-0.39, 0.29) is 28.6 Å². The van der Waals surface area contributed by atoms with Gasteiger partial charge in [0.15, 0.2) is 0 Å². The predicted molar refractivity (Wildman–Crippen MR) is 121 cm³/mol. The maximum Gasteiger partial charge on any atom is 0.243 e. The van der Waals surface area contributed by atoms with Crippen molar-refractivity contribution in [3.05, 3.63) is 24.3 Å². The minimum atomic E-state index is -0.360. The molecule has 2 atom stereocenters. The van der Waals surface area contributed by atoms with E-state index in [1.54, 1.807) is 11.9 Å². The fourth-order valence-electron chi connectivity index (χ4n) is 6.87. The Balaban J connectivity index is 1.18. The van der Waals surface area contributed by atoms with E-state index in [2.05, 4.69) is 10.2 Å². The summed E-state index contributed by atoms with van der Waals surface area (Å²) < 4.78 is 5.40. The lowest BCUT2D eigenvalue weighted by molar-refractivity contribution is -0.155. The summed E-state index contributed by atoms with van der Waals surface area (Å²) in [6.07, 6.45) is 5.95. The van der Waals surface area contributed by atoms with Crippen molar-refractivity contribution in [1.29, 1.82) is 0 Å². The lowest BCUT2D eigenvalue weighted by Gasteiger charge is -2.59. The van der Waals surface area contributed by atoms with Gasteiger partial charge in [-0.1, -0.05) is 0 Å². The summed E-state index contributed by atoms with van der Waals surface area (Å²) in [6.45, 7) is 3.31. The molecule has 1 aromatic rings. The van der Waals surface area contributed by atoms with E-state index in [1.165, 1.54) is 6.42 Å². The zero-order valence-corrected chi connectivity index (χ0v) is 19.0. The maximum absolute atomic E-state index is 13.4. The summed E-state index contributed by atoms with van der Waals surface area (Å²) in [4.78, 5) is 29.8. The first-order valence-corrected chi connectivity index (χ1v) is 11.9. The van der Waals surface area contributed by atoms with Gasteiger partial charge in [0, 0.05) is 36.4 Å². The fourth-order valence-corrected chi connectivity index (χ4v) is 7.56. The molecule has 1 N–H and O–H groups in total. The number of anilines is 2. The van der Waals surface area contributed by atoms with Gasteiger partial charge < -0.3 is 19.9 Å². The number of morpholine rings is 1. The molecule has 1 aromatic carbocycles. The molecule has 4 aliphatic carbocycles. The van der Waals surface area contributed by atoms with Crippen molar-refractivity contribution in [3.63, 3.8) is 0 Å². The second-order valence-corrected chi connectivity index (χ2v) is 11.0. The number of alkyl halides is 1. The van der Waals surface area contributed by atoms with E-state index in [0.717, 1.165) is 69.8 Å². The van der Waals surface area contributed by atoms with Crippen molar-refractivity contribution in [2.45, 2.75) is 43.4 Å². The minimum Gasteiger partial charge on any atom is -0.378 e. The topological polar surface area (TPSA) is 61.9 Å². The van der Waals surface area contributed by atoms with Crippen molar-refractivity contribution in [3.8, 4) is 0 Å². The number of ether oxygens (including phenoxy) is 1. The van der Waals surface area contributed by atoms with Gasteiger partial charge in [0.1, 0.15) is 0 Å². The molecule has 5 aliphatic rings. The molecule has 1 heterocycles. The van der Waals surface area contributed by atoms with Gasteiger partial charge in [0.05, 0.1) is 25.2 Å². The number of benzene rings is 1. The fraction of sp³-hybridized carbons (Fsp3) is 0.667. The summed E-state index contributed by atoms with van der Waals surface area (Å²) in [7, 11) is 1.75. The van der Waals surface area contributed by atoms with Crippen LogP contribution in [0, 0.1) is 17.3 Å². The molecule has 168 valence electrons. The van der Waals surface area contributed by atoms with Gasteiger partial charge in [-0.3, -0.25) is 9.59 Å². The van der Waals surface area contributed by atoms with Crippen LogP contribution in [0.1, 0.15) is 38.5 Å². The highest BCUT2D eigenvalue weighted by Crippen LogP contribution is 2.64. The van der Waals surface area contributed by atoms with E-state index in [9.17, 15) is 9.59 Å². The van der Waals surface area contributed by atoms with Crippen LogP contribution < -0.4 is 10.2 Å². The molecule has 1 aliphatic heterocycles. The molecule has 4 saturated carbocycles. The zero-order valence-electron chi connectivity index (χ0n) is 18.2. The average molecular weight is 446 g/mol. The number of hydrogen-bond donors (Lipinski definition) is 1. The van der Waals surface area contributed by atoms with Gasteiger partial charge >= 0.3 is 0 Å². The number of hydrogen-bond acceptors (Lipinski definition) is 4. The Kier molecular flexibility index (Phi) is 5.41. The normalized spacial score (nSPS) is 33.9. The molecule has 0 radical (unpaired) electrons. The largest absolute Gasteiger partial charge is 0.378 e. The molecule has 6 rings (SSSR count). The van der Waals surface area contributed by atoms with Crippen LogP contribution in [0.15, 0.2) is 24.3 Å². The molecular weight excluding hydrogens is 414 g/mol. The van der Waals surface area contributed by atoms with E-state index < -0.39 is 0 Å². The molecule has 7 heteroatoms. The molecule has 4 bridgehead atoms.